The van der Waals surface area contributed by atoms with Gasteiger partial charge in [-0.2, -0.15) is 0 Å². The zero-order valence-corrected chi connectivity index (χ0v) is 14.6. The van der Waals surface area contributed by atoms with E-state index >= 15 is 0 Å². The van der Waals surface area contributed by atoms with Crippen molar-refractivity contribution >= 4 is 12.1 Å². The lowest BCUT2D eigenvalue weighted by molar-refractivity contribution is -0.153. The van der Waals surface area contributed by atoms with Gasteiger partial charge in [-0.3, -0.25) is 0 Å². The van der Waals surface area contributed by atoms with Gasteiger partial charge >= 0.3 is 12.1 Å². The van der Waals surface area contributed by atoms with E-state index in [1.807, 2.05) is 0 Å². The van der Waals surface area contributed by atoms with Crippen LogP contribution < -0.4 is 5.32 Å². The van der Waals surface area contributed by atoms with Crippen LogP contribution in [0, 0.1) is 5.82 Å². The zero-order valence-electron chi connectivity index (χ0n) is 14.6. The molecule has 1 amide bonds. The molecule has 1 aromatic carbocycles. The fourth-order valence-electron chi connectivity index (χ4n) is 1.77. The molecule has 0 aliphatic rings. The van der Waals surface area contributed by atoms with E-state index in [9.17, 15) is 19.1 Å². The lowest BCUT2D eigenvalue weighted by Gasteiger charge is -2.29. The molecule has 1 rings (SSSR count). The van der Waals surface area contributed by atoms with Gasteiger partial charge in [-0.05, 0) is 52.3 Å². The summed E-state index contributed by atoms with van der Waals surface area (Å²) in [6.45, 7) is 7.67. The third kappa shape index (κ3) is 6.95. The monoisotopic (exact) mass is 341 g/mol. The van der Waals surface area contributed by atoms with Gasteiger partial charge in [0.1, 0.15) is 18.0 Å². The van der Waals surface area contributed by atoms with Crippen molar-refractivity contribution in [1.82, 2.24) is 5.32 Å². The van der Waals surface area contributed by atoms with Gasteiger partial charge in [-0.1, -0.05) is 12.1 Å². The van der Waals surface area contributed by atoms with Crippen molar-refractivity contribution in [2.75, 3.05) is 0 Å². The zero-order chi connectivity index (χ0) is 18.5. The quantitative estimate of drug-likeness (QED) is 0.804. The van der Waals surface area contributed by atoms with Gasteiger partial charge in [0.05, 0.1) is 5.60 Å². The number of hydrogen-bond acceptors (Lipinski definition) is 5. The number of rotatable bonds is 5. The molecule has 0 fully saturated rings. The molecule has 0 spiro atoms. The Balaban J connectivity index is 2.72. The molecule has 134 valence electrons. The molecule has 0 saturated heterocycles. The molecular weight excluding hydrogens is 317 g/mol. The summed E-state index contributed by atoms with van der Waals surface area (Å²) in [5, 5.41) is 12.4. The smallest absolute Gasteiger partial charge is 0.408 e. The maximum Gasteiger partial charge on any atom is 0.408 e. The lowest BCUT2D eigenvalue weighted by Crippen LogP contribution is -2.55. The Labute approximate surface area is 141 Å². The second-order valence-corrected chi connectivity index (χ2v) is 6.97. The van der Waals surface area contributed by atoms with Crippen molar-refractivity contribution in [2.45, 2.75) is 58.5 Å². The van der Waals surface area contributed by atoms with Crippen molar-refractivity contribution in [3.05, 3.63) is 35.6 Å². The highest BCUT2D eigenvalue weighted by Crippen LogP contribution is 2.14. The molecule has 0 aromatic heterocycles. The normalized spacial score (nSPS) is 13.1. The van der Waals surface area contributed by atoms with Crippen LogP contribution in [0.25, 0.3) is 0 Å². The second kappa shape index (κ2) is 7.61. The Morgan fingerprint density at radius 2 is 1.71 bits per heavy atom. The highest BCUT2D eigenvalue weighted by molar-refractivity contribution is 5.82. The van der Waals surface area contributed by atoms with Gasteiger partial charge < -0.3 is 19.9 Å². The maximum absolute atomic E-state index is 12.8. The van der Waals surface area contributed by atoms with Crippen LogP contribution in [0.4, 0.5) is 9.18 Å². The maximum atomic E-state index is 12.8. The van der Waals surface area contributed by atoms with E-state index in [1.54, 1.807) is 20.8 Å². The molecule has 1 aromatic rings. The van der Waals surface area contributed by atoms with Crippen molar-refractivity contribution in [1.29, 1.82) is 0 Å². The SMILES string of the molecule is CC(C)(C)OC(=O)N[C@H](C(=O)OCc1ccc(F)cc1)C(C)(C)O. The van der Waals surface area contributed by atoms with Crippen LogP contribution in [0.3, 0.4) is 0 Å². The van der Waals surface area contributed by atoms with Crippen LogP contribution in [0.15, 0.2) is 24.3 Å². The molecule has 0 aliphatic carbocycles. The topological polar surface area (TPSA) is 84.9 Å². The number of esters is 1. The Kier molecular flexibility index (Phi) is 6.31. The van der Waals surface area contributed by atoms with Crippen molar-refractivity contribution in [3.8, 4) is 0 Å². The molecule has 0 radical (unpaired) electrons. The number of amides is 1. The van der Waals surface area contributed by atoms with Crippen LogP contribution >= 0.6 is 0 Å². The first kappa shape index (κ1) is 19.9. The Morgan fingerprint density at radius 3 is 2.17 bits per heavy atom. The van der Waals surface area contributed by atoms with E-state index in [0.29, 0.717) is 5.56 Å². The molecule has 0 aliphatic heterocycles. The number of aliphatic hydroxyl groups is 1. The van der Waals surface area contributed by atoms with Crippen LogP contribution in [-0.4, -0.2) is 34.4 Å². The molecule has 7 heteroatoms. The number of benzene rings is 1. The Hall–Kier alpha value is -2.15. The van der Waals surface area contributed by atoms with E-state index in [2.05, 4.69) is 5.32 Å². The number of carbonyl (C=O) groups excluding carboxylic acids is 2. The minimum Gasteiger partial charge on any atom is -0.459 e. The summed E-state index contributed by atoms with van der Waals surface area (Å²) in [5.74, 6) is -1.22. The molecule has 0 saturated carbocycles. The lowest BCUT2D eigenvalue weighted by atomic mass is 9.99. The van der Waals surface area contributed by atoms with Gasteiger partial charge in [0.15, 0.2) is 6.04 Å². The molecule has 2 N–H and O–H groups in total. The standard InChI is InChI=1S/C17H24FNO5/c1-16(2,3)24-15(21)19-13(17(4,5)22)14(20)23-10-11-6-8-12(18)9-7-11/h6-9,13,22H,10H2,1-5H3,(H,19,21)/t13-/m1/s1. The molecule has 24 heavy (non-hydrogen) atoms. The number of nitrogens with one attached hydrogen (secondary N) is 1. The molecule has 0 bridgehead atoms. The summed E-state index contributed by atoms with van der Waals surface area (Å²) in [6, 6.07) is 4.13. The van der Waals surface area contributed by atoms with Gasteiger partial charge in [-0.15, -0.1) is 0 Å². The number of halogens is 1. The van der Waals surface area contributed by atoms with Crippen LogP contribution in [0.2, 0.25) is 0 Å². The first-order valence-electron chi connectivity index (χ1n) is 7.51. The fourth-order valence-corrected chi connectivity index (χ4v) is 1.77. The van der Waals surface area contributed by atoms with Gasteiger partial charge in [0, 0.05) is 0 Å². The van der Waals surface area contributed by atoms with Gasteiger partial charge in [-0.25, -0.2) is 14.0 Å². The summed E-state index contributed by atoms with van der Waals surface area (Å²) >= 11 is 0. The molecule has 0 unspecified atom stereocenters. The average molecular weight is 341 g/mol. The minimum absolute atomic E-state index is 0.109. The predicted octanol–water partition coefficient (Wildman–Crippen LogP) is 2.53. The van der Waals surface area contributed by atoms with Crippen molar-refractivity contribution in [3.63, 3.8) is 0 Å². The highest BCUT2D eigenvalue weighted by atomic mass is 19.1. The van der Waals surface area contributed by atoms with Crippen molar-refractivity contribution in [2.24, 2.45) is 0 Å². The van der Waals surface area contributed by atoms with E-state index in [-0.39, 0.29) is 6.61 Å². The third-order valence-corrected chi connectivity index (χ3v) is 2.90. The van der Waals surface area contributed by atoms with E-state index in [0.717, 1.165) is 0 Å². The van der Waals surface area contributed by atoms with E-state index < -0.39 is 35.1 Å². The molecular formula is C17H24FNO5. The summed E-state index contributed by atoms with van der Waals surface area (Å²) in [6.07, 6.45) is -0.839. The van der Waals surface area contributed by atoms with E-state index in [4.69, 9.17) is 9.47 Å². The third-order valence-electron chi connectivity index (χ3n) is 2.90. The summed E-state index contributed by atoms with van der Waals surface area (Å²) < 4.78 is 23.0. The van der Waals surface area contributed by atoms with Gasteiger partial charge in [0.25, 0.3) is 0 Å². The van der Waals surface area contributed by atoms with Gasteiger partial charge in [0.2, 0.25) is 0 Å². The number of hydrogen-bond donors (Lipinski definition) is 2. The molecule has 6 nitrogen and oxygen atoms in total. The first-order valence-corrected chi connectivity index (χ1v) is 7.51. The highest BCUT2D eigenvalue weighted by Gasteiger charge is 2.37. The average Bonchev–Trinajstić information content (AvgIpc) is 2.40. The number of alkyl carbamates (subject to hydrolysis) is 1. The summed E-state index contributed by atoms with van der Waals surface area (Å²) in [5.41, 5.74) is -1.72. The molecule has 1 atom stereocenters. The summed E-state index contributed by atoms with van der Waals surface area (Å²) in [4.78, 5) is 24.0. The number of carbonyl (C=O) groups is 2. The fraction of sp³-hybridized carbons (Fsp3) is 0.529. The van der Waals surface area contributed by atoms with Crippen LogP contribution in [-0.2, 0) is 20.9 Å². The summed E-state index contributed by atoms with van der Waals surface area (Å²) in [7, 11) is 0. The second-order valence-electron chi connectivity index (χ2n) is 6.97. The van der Waals surface area contributed by atoms with Crippen LogP contribution in [0.1, 0.15) is 40.2 Å². The minimum atomic E-state index is -1.56. The largest absolute Gasteiger partial charge is 0.459 e. The predicted molar refractivity (Wildman–Crippen MR) is 85.7 cm³/mol. The Morgan fingerprint density at radius 1 is 1.17 bits per heavy atom. The van der Waals surface area contributed by atoms with Crippen molar-refractivity contribution < 1.29 is 28.6 Å². The Bertz CT molecular complexity index is 572. The first-order chi connectivity index (χ1) is 10.9. The van der Waals surface area contributed by atoms with Crippen LogP contribution in [0.5, 0.6) is 0 Å². The molecule has 0 heterocycles. The van der Waals surface area contributed by atoms with E-state index in [1.165, 1.54) is 38.1 Å². The number of ether oxygens (including phenoxy) is 2.